The molecule has 0 unspecified atom stereocenters. The highest BCUT2D eigenvalue weighted by atomic mass is 15.0. The summed E-state index contributed by atoms with van der Waals surface area (Å²) in [5, 5.41) is 10.1. The van der Waals surface area contributed by atoms with E-state index in [0.29, 0.717) is 0 Å². The molecule has 1 heteroatoms. The maximum atomic E-state index is 2.42. The lowest BCUT2D eigenvalue weighted by atomic mass is 9.85. The highest BCUT2D eigenvalue weighted by Gasteiger charge is 2.18. The third kappa shape index (κ3) is 5.08. The van der Waals surface area contributed by atoms with Crippen molar-refractivity contribution in [3.63, 3.8) is 0 Å². The molecule has 250 valence electrons. The molecule has 0 saturated heterocycles. The van der Waals surface area contributed by atoms with E-state index in [2.05, 4.69) is 206 Å². The molecule has 1 nitrogen and oxygen atoms in total. The summed E-state index contributed by atoms with van der Waals surface area (Å²) in [6.07, 6.45) is 2.20. The van der Waals surface area contributed by atoms with Gasteiger partial charge in [-0.3, -0.25) is 0 Å². The molecule has 0 saturated carbocycles. The van der Waals surface area contributed by atoms with Crippen molar-refractivity contribution < 1.29 is 0 Å². The molecule has 0 aliphatic rings. The van der Waals surface area contributed by atoms with Gasteiger partial charge in [-0.2, -0.15) is 0 Å². The Balaban J connectivity index is 1.16. The minimum atomic E-state index is 1.15. The van der Waals surface area contributed by atoms with E-state index in [9.17, 15) is 0 Å². The van der Waals surface area contributed by atoms with Crippen LogP contribution >= 0.6 is 0 Å². The first kappa shape index (κ1) is 31.1. The van der Waals surface area contributed by atoms with Crippen molar-refractivity contribution in [1.82, 2.24) is 4.57 Å². The standard InChI is InChI=1S/C52H37N/c1-3-34(2)38-25-29-46-48(32-38)52(45-19-10-9-18-44(45)51(46)36-14-5-4-6-15-36)37-23-27-42(28-24-37)53-49-20-12-11-17-43(49)47-33-41(26-30-50(47)53)40-22-21-35-13-7-8-16-39(35)31-40/h3-33H,1-2H3/b34-3-. The third-order valence-corrected chi connectivity index (χ3v) is 11.1. The Bertz CT molecular complexity index is 3050. The number of para-hydroxylation sites is 1. The second-order valence-corrected chi connectivity index (χ2v) is 14.1. The highest BCUT2D eigenvalue weighted by molar-refractivity contribution is 6.22. The Labute approximate surface area is 309 Å². The summed E-state index contributed by atoms with van der Waals surface area (Å²) in [5.41, 5.74) is 13.6. The van der Waals surface area contributed by atoms with Crippen LogP contribution in [0.2, 0.25) is 0 Å². The number of nitrogens with zero attached hydrogens (tertiary/aromatic N) is 1. The van der Waals surface area contributed by atoms with Gasteiger partial charge in [0.05, 0.1) is 11.0 Å². The van der Waals surface area contributed by atoms with Gasteiger partial charge in [-0.25, -0.2) is 0 Å². The molecule has 0 aliphatic carbocycles. The summed E-state index contributed by atoms with van der Waals surface area (Å²) >= 11 is 0. The van der Waals surface area contributed by atoms with Gasteiger partial charge in [0.1, 0.15) is 0 Å². The van der Waals surface area contributed by atoms with Crippen LogP contribution in [0, 0.1) is 0 Å². The van der Waals surface area contributed by atoms with Gasteiger partial charge in [-0.1, -0.05) is 146 Å². The van der Waals surface area contributed by atoms with Crippen molar-refractivity contribution >= 4 is 59.7 Å². The number of allylic oxidation sites excluding steroid dienone is 2. The molecule has 53 heavy (non-hydrogen) atoms. The first-order valence-electron chi connectivity index (χ1n) is 18.5. The van der Waals surface area contributed by atoms with Crippen LogP contribution in [0.15, 0.2) is 188 Å². The fourth-order valence-electron chi connectivity index (χ4n) is 8.39. The average Bonchev–Trinajstić information content (AvgIpc) is 3.56. The molecule has 1 heterocycles. The zero-order valence-electron chi connectivity index (χ0n) is 29.8. The summed E-state index contributed by atoms with van der Waals surface area (Å²) in [7, 11) is 0. The Morgan fingerprint density at radius 2 is 0.962 bits per heavy atom. The van der Waals surface area contributed by atoms with Gasteiger partial charge in [-0.15, -0.1) is 0 Å². The van der Waals surface area contributed by atoms with Crippen molar-refractivity contribution in [3.8, 4) is 39.1 Å². The highest BCUT2D eigenvalue weighted by Crippen LogP contribution is 2.45. The number of hydrogen-bond donors (Lipinski definition) is 0. The number of fused-ring (bicyclic) bond motifs is 6. The van der Waals surface area contributed by atoms with Crippen LogP contribution in [0.5, 0.6) is 0 Å². The van der Waals surface area contributed by atoms with Crippen molar-refractivity contribution in [3.05, 3.63) is 194 Å². The molecule has 0 aliphatic heterocycles. The topological polar surface area (TPSA) is 4.93 Å². The zero-order chi connectivity index (χ0) is 35.5. The number of benzene rings is 9. The van der Waals surface area contributed by atoms with E-state index in [1.165, 1.54) is 98.6 Å². The SMILES string of the molecule is C/C=C(/C)c1ccc2c(-c3ccccc3)c3ccccc3c(-c3ccc(-n4c5ccccc5c5cc(-c6ccc7ccccc7c6)ccc54)cc3)c2c1. The van der Waals surface area contributed by atoms with E-state index >= 15 is 0 Å². The minimum Gasteiger partial charge on any atom is -0.309 e. The monoisotopic (exact) mass is 675 g/mol. The Morgan fingerprint density at radius 1 is 0.396 bits per heavy atom. The molecule has 1 aromatic heterocycles. The van der Waals surface area contributed by atoms with E-state index in [1.807, 2.05) is 0 Å². The van der Waals surface area contributed by atoms with Gasteiger partial charge in [0.2, 0.25) is 0 Å². The van der Waals surface area contributed by atoms with Crippen LogP contribution in [-0.2, 0) is 0 Å². The third-order valence-electron chi connectivity index (χ3n) is 11.1. The van der Waals surface area contributed by atoms with Crippen LogP contribution < -0.4 is 0 Å². The summed E-state index contributed by atoms with van der Waals surface area (Å²) in [6, 6.07) is 67.1. The molecule has 10 rings (SSSR count). The lowest BCUT2D eigenvalue weighted by Crippen LogP contribution is -1.95. The van der Waals surface area contributed by atoms with Crippen LogP contribution in [0.25, 0.3) is 98.8 Å². The van der Waals surface area contributed by atoms with Crippen LogP contribution in [-0.4, -0.2) is 4.57 Å². The second-order valence-electron chi connectivity index (χ2n) is 14.1. The largest absolute Gasteiger partial charge is 0.309 e. The van der Waals surface area contributed by atoms with E-state index in [-0.39, 0.29) is 0 Å². The van der Waals surface area contributed by atoms with Crippen molar-refractivity contribution in [2.24, 2.45) is 0 Å². The van der Waals surface area contributed by atoms with Gasteiger partial charge in [0, 0.05) is 16.5 Å². The summed E-state index contributed by atoms with van der Waals surface area (Å²) in [6.45, 7) is 4.32. The molecule has 0 fully saturated rings. The van der Waals surface area contributed by atoms with Crippen LogP contribution in [0.1, 0.15) is 19.4 Å². The molecule has 0 spiro atoms. The molecule has 10 aromatic rings. The molecular weight excluding hydrogens is 639 g/mol. The van der Waals surface area contributed by atoms with Crippen molar-refractivity contribution in [2.45, 2.75) is 13.8 Å². The molecule has 0 N–H and O–H groups in total. The van der Waals surface area contributed by atoms with Gasteiger partial charge < -0.3 is 4.57 Å². The van der Waals surface area contributed by atoms with Crippen LogP contribution in [0.4, 0.5) is 0 Å². The molecule has 0 amide bonds. The zero-order valence-corrected chi connectivity index (χ0v) is 29.8. The number of hydrogen-bond acceptors (Lipinski definition) is 0. The molecular formula is C52H37N. The maximum absolute atomic E-state index is 2.42. The Kier molecular flexibility index (Phi) is 7.33. The second kappa shape index (κ2) is 12.5. The lowest BCUT2D eigenvalue weighted by Gasteiger charge is -2.19. The minimum absolute atomic E-state index is 1.15. The normalized spacial score (nSPS) is 12.1. The molecule has 0 bridgehead atoms. The van der Waals surface area contributed by atoms with Gasteiger partial charge in [-0.05, 0) is 133 Å². The fraction of sp³-hybridized carbons (Fsp3) is 0.0385. The molecule has 0 atom stereocenters. The quantitative estimate of drug-likeness (QED) is 0.160. The summed E-state index contributed by atoms with van der Waals surface area (Å²) in [4.78, 5) is 0. The maximum Gasteiger partial charge on any atom is 0.0541 e. The lowest BCUT2D eigenvalue weighted by molar-refractivity contribution is 1.18. The Hall–Kier alpha value is -6.70. The van der Waals surface area contributed by atoms with Crippen molar-refractivity contribution in [1.29, 1.82) is 0 Å². The number of rotatable bonds is 5. The molecule has 0 radical (unpaired) electrons. The van der Waals surface area contributed by atoms with Gasteiger partial charge in [0.25, 0.3) is 0 Å². The summed E-state index contributed by atoms with van der Waals surface area (Å²) < 4.78 is 2.42. The first-order valence-corrected chi connectivity index (χ1v) is 18.5. The van der Waals surface area contributed by atoms with E-state index in [4.69, 9.17) is 0 Å². The predicted octanol–water partition coefficient (Wildman–Crippen LogP) is 14.7. The molecule has 9 aromatic carbocycles. The van der Waals surface area contributed by atoms with Gasteiger partial charge >= 0.3 is 0 Å². The van der Waals surface area contributed by atoms with Crippen LogP contribution in [0.3, 0.4) is 0 Å². The average molecular weight is 676 g/mol. The van der Waals surface area contributed by atoms with E-state index < -0.39 is 0 Å². The Morgan fingerprint density at radius 3 is 1.74 bits per heavy atom. The fourth-order valence-corrected chi connectivity index (χ4v) is 8.39. The van der Waals surface area contributed by atoms with Crippen molar-refractivity contribution in [2.75, 3.05) is 0 Å². The predicted molar refractivity (Wildman–Crippen MR) is 229 cm³/mol. The summed E-state index contributed by atoms with van der Waals surface area (Å²) in [5.74, 6) is 0. The van der Waals surface area contributed by atoms with E-state index in [0.717, 1.165) is 5.69 Å². The van der Waals surface area contributed by atoms with Gasteiger partial charge in [0.15, 0.2) is 0 Å². The number of aromatic nitrogens is 1. The smallest absolute Gasteiger partial charge is 0.0541 e. The first-order chi connectivity index (χ1) is 26.2. The van der Waals surface area contributed by atoms with E-state index in [1.54, 1.807) is 0 Å².